The summed E-state index contributed by atoms with van der Waals surface area (Å²) in [5, 5.41) is 0. The lowest BCUT2D eigenvalue weighted by molar-refractivity contribution is 0.0715. The van der Waals surface area contributed by atoms with Crippen LogP contribution >= 0.6 is 0 Å². The number of rotatable bonds is 11. The van der Waals surface area contributed by atoms with Crippen LogP contribution in [0.5, 0.6) is 0 Å². The highest BCUT2D eigenvalue weighted by Crippen LogP contribution is 2.28. The summed E-state index contributed by atoms with van der Waals surface area (Å²) in [5.74, 6) is 1.94. The highest BCUT2D eigenvalue weighted by Gasteiger charge is 2.21. The number of benzene rings is 2. The van der Waals surface area contributed by atoms with Crippen LogP contribution in [0.3, 0.4) is 0 Å². The number of nitrogens with zero attached hydrogens (tertiary/aromatic N) is 4. The van der Waals surface area contributed by atoms with Crippen LogP contribution in [-0.2, 0) is 6.54 Å². The molecule has 38 heavy (non-hydrogen) atoms. The quantitative estimate of drug-likeness (QED) is 0.268. The van der Waals surface area contributed by atoms with Gasteiger partial charge in [-0.25, -0.2) is 4.98 Å². The van der Waals surface area contributed by atoms with Crippen molar-refractivity contribution in [2.75, 3.05) is 32.7 Å². The minimum absolute atomic E-state index is 0.114. The Bertz CT molecular complexity index is 1220. The van der Waals surface area contributed by atoms with Gasteiger partial charge in [-0.2, -0.15) is 0 Å². The molecule has 0 spiro atoms. The fraction of sp³-hybridized carbons (Fsp3) is 0.515. The summed E-state index contributed by atoms with van der Waals surface area (Å²) in [7, 11) is 0. The average Bonchev–Trinajstić information content (AvgIpc) is 3.25. The molecule has 0 radical (unpaired) electrons. The van der Waals surface area contributed by atoms with E-state index in [0.29, 0.717) is 11.8 Å². The van der Waals surface area contributed by atoms with Crippen molar-refractivity contribution in [1.29, 1.82) is 0 Å². The zero-order valence-electron chi connectivity index (χ0n) is 24.2. The van der Waals surface area contributed by atoms with Crippen LogP contribution in [0, 0.1) is 11.8 Å². The Morgan fingerprint density at radius 2 is 1.55 bits per heavy atom. The van der Waals surface area contributed by atoms with Crippen LogP contribution in [0.2, 0.25) is 0 Å². The Labute approximate surface area is 229 Å². The minimum Gasteiger partial charge on any atom is -0.338 e. The highest BCUT2D eigenvalue weighted by molar-refractivity contribution is 5.98. The number of imidazole rings is 1. The zero-order chi connectivity index (χ0) is 27.2. The molecule has 1 fully saturated rings. The van der Waals surface area contributed by atoms with Gasteiger partial charge in [0.25, 0.3) is 5.91 Å². The number of fused-ring (bicyclic) bond motifs is 1. The summed E-state index contributed by atoms with van der Waals surface area (Å²) in [6.45, 7) is 20.7. The Morgan fingerprint density at radius 1 is 0.921 bits per heavy atom. The number of hydrogen-bond acceptors (Lipinski definition) is 3. The van der Waals surface area contributed by atoms with Crippen molar-refractivity contribution in [3.8, 4) is 11.4 Å². The molecular formula is C33H46N4O. The number of piperidine rings is 1. The number of likely N-dealkylation sites (tertiary alicyclic amines) is 1. The van der Waals surface area contributed by atoms with Gasteiger partial charge in [-0.15, -0.1) is 0 Å². The second-order valence-electron chi connectivity index (χ2n) is 11.9. The molecule has 2 aromatic carbocycles. The molecule has 0 aliphatic carbocycles. The largest absolute Gasteiger partial charge is 0.338 e. The lowest BCUT2D eigenvalue weighted by Crippen LogP contribution is -2.37. The maximum absolute atomic E-state index is 13.7. The van der Waals surface area contributed by atoms with E-state index in [0.717, 1.165) is 71.7 Å². The number of hydrogen-bond donors (Lipinski definition) is 0. The second kappa shape index (κ2) is 12.8. The number of allylic oxidation sites excluding steroid dienone is 1. The van der Waals surface area contributed by atoms with E-state index < -0.39 is 0 Å². The van der Waals surface area contributed by atoms with Crippen LogP contribution in [0.25, 0.3) is 28.0 Å². The van der Waals surface area contributed by atoms with Crippen molar-refractivity contribution in [2.45, 2.75) is 66.8 Å². The van der Waals surface area contributed by atoms with E-state index in [1.807, 2.05) is 24.0 Å². The molecule has 1 aromatic heterocycles. The molecule has 0 bridgehead atoms. The Hall–Kier alpha value is -2.92. The number of aryl methyl sites for hydroxylation is 1. The molecule has 5 nitrogen and oxygen atoms in total. The van der Waals surface area contributed by atoms with Crippen molar-refractivity contribution in [3.05, 3.63) is 60.2 Å². The maximum Gasteiger partial charge on any atom is 0.253 e. The molecule has 2 heterocycles. The molecule has 4 rings (SSSR count). The van der Waals surface area contributed by atoms with Crippen LogP contribution < -0.4 is 0 Å². The molecule has 0 unspecified atom stereocenters. The van der Waals surface area contributed by atoms with E-state index in [4.69, 9.17) is 4.98 Å². The van der Waals surface area contributed by atoms with Gasteiger partial charge in [0, 0.05) is 30.8 Å². The Morgan fingerprint density at radius 3 is 2.16 bits per heavy atom. The summed E-state index contributed by atoms with van der Waals surface area (Å²) in [4.78, 5) is 23.3. The molecule has 0 atom stereocenters. The minimum atomic E-state index is 0.114. The van der Waals surface area contributed by atoms with E-state index >= 15 is 0 Å². The van der Waals surface area contributed by atoms with Crippen LogP contribution in [0.4, 0.5) is 0 Å². The van der Waals surface area contributed by atoms with Crippen molar-refractivity contribution < 1.29 is 4.79 Å². The van der Waals surface area contributed by atoms with E-state index in [-0.39, 0.29) is 5.91 Å². The van der Waals surface area contributed by atoms with Crippen LogP contribution in [0.15, 0.2) is 49.0 Å². The first-order chi connectivity index (χ1) is 18.2. The van der Waals surface area contributed by atoms with Crippen molar-refractivity contribution in [3.63, 3.8) is 0 Å². The predicted octanol–water partition coefficient (Wildman–Crippen LogP) is 7.37. The lowest BCUT2D eigenvalue weighted by atomic mass is 10.1. The normalized spacial score (nSPS) is 14.5. The summed E-state index contributed by atoms with van der Waals surface area (Å²) in [6.07, 6.45) is 5.04. The van der Waals surface area contributed by atoms with E-state index in [9.17, 15) is 4.79 Å². The average molecular weight is 515 g/mol. The topological polar surface area (TPSA) is 41.4 Å². The molecule has 0 saturated carbocycles. The van der Waals surface area contributed by atoms with Crippen LogP contribution in [0.1, 0.15) is 76.2 Å². The first-order valence-electron chi connectivity index (χ1n) is 14.5. The molecular weight excluding hydrogens is 468 g/mol. The van der Waals surface area contributed by atoms with Crippen molar-refractivity contribution in [2.24, 2.45) is 11.8 Å². The number of carbonyl (C=O) groups is 1. The first-order valence-corrected chi connectivity index (χ1v) is 14.5. The summed E-state index contributed by atoms with van der Waals surface area (Å²) >= 11 is 0. The van der Waals surface area contributed by atoms with Gasteiger partial charge in [-0.1, -0.05) is 70.5 Å². The number of amides is 1. The van der Waals surface area contributed by atoms with E-state index in [1.165, 1.54) is 32.4 Å². The first kappa shape index (κ1) is 28.1. The predicted molar refractivity (Wildman–Crippen MR) is 160 cm³/mol. The molecule has 1 aliphatic rings. The van der Waals surface area contributed by atoms with Crippen LogP contribution in [-0.4, -0.2) is 58.0 Å². The van der Waals surface area contributed by atoms with Gasteiger partial charge in [0.2, 0.25) is 0 Å². The van der Waals surface area contributed by atoms with Gasteiger partial charge in [-0.3, -0.25) is 4.79 Å². The van der Waals surface area contributed by atoms with Gasteiger partial charge in [0.15, 0.2) is 0 Å². The third-order valence-corrected chi connectivity index (χ3v) is 7.39. The van der Waals surface area contributed by atoms with Gasteiger partial charge in [0.1, 0.15) is 5.82 Å². The maximum atomic E-state index is 13.7. The fourth-order valence-corrected chi connectivity index (χ4v) is 5.55. The van der Waals surface area contributed by atoms with E-state index in [1.54, 1.807) is 0 Å². The molecule has 1 saturated heterocycles. The summed E-state index contributed by atoms with van der Waals surface area (Å²) in [6, 6.07) is 14.6. The lowest BCUT2D eigenvalue weighted by Gasteiger charge is -2.27. The second-order valence-corrected chi connectivity index (χ2v) is 11.9. The molecule has 3 aromatic rings. The molecule has 1 aliphatic heterocycles. The van der Waals surface area contributed by atoms with Crippen molar-refractivity contribution in [1.82, 2.24) is 19.4 Å². The Kier molecular flexibility index (Phi) is 9.43. The van der Waals surface area contributed by atoms with Gasteiger partial charge >= 0.3 is 0 Å². The Balaban J connectivity index is 1.68. The number of carbonyl (C=O) groups excluding carboxylic acids is 1. The van der Waals surface area contributed by atoms with Gasteiger partial charge < -0.3 is 14.4 Å². The van der Waals surface area contributed by atoms with Gasteiger partial charge in [-0.05, 0) is 81.4 Å². The van der Waals surface area contributed by atoms with Gasteiger partial charge in [0.05, 0.1) is 11.0 Å². The smallest absolute Gasteiger partial charge is 0.253 e. The van der Waals surface area contributed by atoms with Crippen molar-refractivity contribution >= 4 is 22.5 Å². The summed E-state index contributed by atoms with van der Waals surface area (Å²) in [5.41, 5.74) is 6.03. The zero-order valence-corrected chi connectivity index (χ0v) is 24.2. The SMILES string of the molecule is C=C(C)c1ccc(-c2nc3ccc(C(=O)N(CC(C)C)CC(C)C)cc3n2CCCN2CCCCC2)cc1. The third kappa shape index (κ3) is 6.93. The monoisotopic (exact) mass is 514 g/mol. The molecule has 0 N–H and O–H groups in total. The molecule has 204 valence electrons. The standard InChI is InChI=1S/C33H46N4O/c1-24(2)22-36(23-25(3)4)33(38)29-15-16-30-31(21-29)37(20-10-19-35-17-8-7-9-18-35)32(34-30)28-13-11-27(12-14-28)26(5)6/h11-16,21,24-25H,5,7-10,17-20,22-23H2,1-4,6H3. The summed E-state index contributed by atoms with van der Waals surface area (Å²) < 4.78 is 2.33. The van der Waals surface area contributed by atoms with E-state index in [2.05, 4.69) is 74.1 Å². The highest BCUT2D eigenvalue weighted by atomic mass is 16.2. The molecule has 5 heteroatoms. The molecule has 1 amide bonds. The third-order valence-electron chi connectivity index (χ3n) is 7.39. The number of aromatic nitrogens is 2. The fourth-order valence-electron chi connectivity index (χ4n) is 5.55.